The Kier molecular flexibility index (Phi) is 6.47. The molecular formula is C24H30N2O3. The van der Waals surface area contributed by atoms with Crippen LogP contribution >= 0.6 is 0 Å². The first-order chi connectivity index (χ1) is 14.2. The molecule has 0 aromatic heterocycles. The lowest BCUT2D eigenvalue weighted by molar-refractivity contribution is -0.121. The summed E-state index contributed by atoms with van der Waals surface area (Å²) in [6.07, 6.45) is 4.53. The summed E-state index contributed by atoms with van der Waals surface area (Å²) in [7, 11) is 1.66. The van der Waals surface area contributed by atoms with Crippen LogP contribution in [0.5, 0.6) is 5.75 Å². The molecular weight excluding hydrogens is 364 g/mol. The van der Waals surface area contributed by atoms with Gasteiger partial charge in [0.25, 0.3) is 0 Å². The van der Waals surface area contributed by atoms with Crippen LogP contribution in [-0.2, 0) is 9.53 Å². The second kappa shape index (κ2) is 9.42. The normalized spacial score (nSPS) is 20.5. The number of ether oxygens (including phenoxy) is 2. The summed E-state index contributed by atoms with van der Waals surface area (Å²) in [5, 5.41) is 3.18. The van der Waals surface area contributed by atoms with E-state index in [1.807, 2.05) is 48.5 Å². The van der Waals surface area contributed by atoms with Gasteiger partial charge in [-0.25, -0.2) is 0 Å². The van der Waals surface area contributed by atoms with Crippen molar-refractivity contribution in [2.24, 2.45) is 5.92 Å². The zero-order chi connectivity index (χ0) is 20.1. The highest BCUT2D eigenvalue weighted by atomic mass is 16.5. The van der Waals surface area contributed by atoms with Gasteiger partial charge in [-0.05, 0) is 62.5 Å². The number of amides is 1. The molecule has 5 nitrogen and oxygen atoms in total. The van der Waals surface area contributed by atoms with Crippen LogP contribution in [0.2, 0.25) is 0 Å². The van der Waals surface area contributed by atoms with Crippen molar-refractivity contribution in [2.75, 3.05) is 38.7 Å². The number of piperidine rings is 1. The Morgan fingerprint density at radius 3 is 2.72 bits per heavy atom. The largest absolute Gasteiger partial charge is 0.497 e. The van der Waals surface area contributed by atoms with Gasteiger partial charge in [0, 0.05) is 30.3 Å². The molecule has 2 aromatic carbocycles. The van der Waals surface area contributed by atoms with E-state index >= 15 is 0 Å². The van der Waals surface area contributed by atoms with E-state index in [1.54, 1.807) is 7.11 Å². The lowest BCUT2D eigenvalue weighted by atomic mass is 9.95. The third kappa shape index (κ3) is 4.98. The fraction of sp³-hybridized carbons (Fsp3) is 0.458. The fourth-order valence-electron chi connectivity index (χ4n) is 4.32. The monoisotopic (exact) mass is 394 g/mol. The van der Waals surface area contributed by atoms with Gasteiger partial charge in [-0.15, -0.1) is 0 Å². The minimum Gasteiger partial charge on any atom is -0.497 e. The zero-order valence-corrected chi connectivity index (χ0v) is 17.1. The standard InChI is InChI=1S/C24H30N2O3/c1-28-20-7-4-6-19(16-20)22-9-2-3-10-23(22)25-24(27)18-11-13-26(14-12-18)17-21-8-5-15-29-21/h2-4,6-7,9-10,16,18,21H,5,8,11-15,17H2,1H3,(H,25,27). The number of para-hydroxylation sites is 1. The Balaban J connectivity index is 1.38. The van der Waals surface area contributed by atoms with E-state index in [4.69, 9.17) is 9.47 Å². The third-order valence-electron chi connectivity index (χ3n) is 6.01. The van der Waals surface area contributed by atoms with E-state index in [-0.39, 0.29) is 11.8 Å². The van der Waals surface area contributed by atoms with Crippen LogP contribution in [0.4, 0.5) is 5.69 Å². The number of likely N-dealkylation sites (tertiary alicyclic amines) is 1. The van der Waals surface area contributed by atoms with Crippen molar-refractivity contribution >= 4 is 11.6 Å². The molecule has 2 aromatic rings. The van der Waals surface area contributed by atoms with Crippen molar-refractivity contribution in [1.29, 1.82) is 0 Å². The van der Waals surface area contributed by atoms with Gasteiger partial charge in [-0.1, -0.05) is 30.3 Å². The molecule has 2 aliphatic heterocycles. The van der Waals surface area contributed by atoms with Crippen LogP contribution in [0.15, 0.2) is 48.5 Å². The second-order valence-corrected chi connectivity index (χ2v) is 7.98. The number of benzene rings is 2. The van der Waals surface area contributed by atoms with Gasteiger partial charge in [0.15, 0.2) is 0 Å². The number of carbonyl (C=O) groups excluding carboxylic acids is 1. The maximum atomic E-state index is 12.9. The van der Waals surface area contributed by atoms with Crippen molar-refractivity contribution in [3.8, 4) is 16.9 Å². The molecule has 5 heteroatoms. The highest BCUT2D eigenvalue weighted by molar-refractivity contribution is 5.96. The van der Waals surface area contributed by atoms with Gasteiger partial charge in [-0.3, -0.25) is 4.79 Å². The number of hydrogen-bond acceptors (Lipinski definition) is 4. The minimum absolute atomic E-state index is 0.0640. The van der Waals surface area contributed by atoms with E-state index < -0.39 is 0 Å². The maximum Gasteiger partial charge on any atom is 0.227 e. The Hall–Kier alpha value is -2.37. The van der Waals surface area contributed by atoms with E-state index in [1.165, 1.54) is 12.8 Å². The average molecular weight is 395 g/mol. The number of carbonyl (C=O) groups is 1. The molecule has 29 heavy (non-hydrogen) atoms. The van der Waals surface area contributed by atoms with Crippen LogP contribution in [0.1, 0.15) is 25.7 Å². The molecule has 154 valence electrons. The number of anilines is 1. The molecule has 2 aliphatic rings. The van der Waals surface area contributed by atoms with Crippen molar-refractivity contribution in [3.63, 3.8) is 0 Å². The smallest absolute Gasteiger partial charge is 0.227 e. The Bertz CT molecular complexity index is 824. The van der Waals surface area contributed by atoms with Gasteiger partial charge < -0.3 is 19.7 Å². The van der Waals surface area contributed by atoms with Gasteiger partial charge >= 0.3 is 0 Å². The van der Waals surface area contributed by atoms with E-state index in [0.717, 1.165) is 61.6 Å². The highest BCUT2D eigenvalue weighted by Gasteiger charge is 2.27. The van der Waals surface area contributed by atoms with Crippen molar-refractivity contribution in [3.05, 3.63) is 48.5 Å². The van der Waals surface area contributed by atoms with Gasteiger partial charge in [0.2, 0.25) is 5.91 Å². The first-order valence-corrected chi connectivity index (χ1v) is 10.6. The summed E-state index contributed by atoms with van der Waals surface area (Å²) in [4.78, 5) is 15.4. The fourth-order valence-corrected chi connectivity index (χ4v) is 4.32. The minimum atomic E-state index is 0.0640. The molecule has 0 aliphatic carbocycles. The molecule has 1 atom stereocenters. The third-order valence-corrected chi connectivity index (χ3v) is 6.01. The van der Waals surface area contributed by atoms with Gasteiger partial charge in [-0.2, -0.15) is 0 Å². The SMILES string of the molecule is COc1cccc(-c2ccccc2NC(=O)C2CCN(CC3CCCO3)CC2)c1. The molecule has 0 bridgehead atoms. The van der Waals surface area contributed by atoms with E-state index in [9.17, 15) is 4.79 Å². The molecule has 1 N–H and O–H groups in total. The maximum absolute atomic E-state index is 12.9. The van der Waals surface area contributed by atoms with Crippen molar-refractivity contribution in [1.82, 2.24) is 4.90 Å². The summed E-state index contributed by atoms with van der Waals surface area (Å²) >= 11 is 0. The lowest BCUT2D eigenvalue weighted by Crippen LogP contribution is -2.41. The predicted molar refractivity (Wildman–Crippen MR) is 115 cm³/mol. The first kappa shape index (κ1) is 19.9. The van der Waals surface area contributed by atoms with E-state index in [2.05, 4.69) is 10.2 Å². The second-order valence-electron chi connectivity index (χ2n) is 7.98. The quantitative estimate of drug-likeness (QED) is 0.798. The zero-order valence-electron chi connectivity index (χ0n) is 17.1. The molecule has 0 spiro atoms. The Morgan fingerprint density at radius 2 is 1.97 bits per heavy atom. The summed E-state index contributed by atoms with van der Waals surface area (Å²) < 4.78 is 11.1. The molecule has 0 saturated carbocycles. The van der Waals surface area contributed by atoms with Crippen LogP contribution in [0, 0.1) is 5.92 Å². The van der Waals surface area contributed by atoms with Gasteiger partial charge in [0.05, 0.1) is 13.2 Å². The Labute approximate surface area is 173 Å². The molecule has 1 unspecified atom stereocenters. The van der Waals surface area contributed by atoms with Crippen LogP contribution in [-0.4, -0.2) is 50.3 Å². The van der Waals surface area contributed by atoms with Crippen molar-refractivity contribution < 1.29 is 14.3 Å². The number of rotatable bonds is 6. The van der Waals surface area contributed by atoms with Crippen LogP contribution in [0.25, 0.3) is 11.1 Å². The number of hydrogen-bond donors (Lipinski definition) is 1. The number of methoxy groups -OCH3 is 1. The van der Waals surface area contributed by atoms with Gasteiger partial charge in [0.1, 0.15) is 5.75 Å². The topological polar surface area (TPSA) is 50.8 Å². The highest BCUT2D eigenvalue weighted by Crippen LogP contribution is 2.31. The first-order valence-electron chi connectivity index (χ1n) is 10.6. The van der Waals surface area contributed by atoms with Crippen molar-refractivity contribution in [2.45, 2.75) is 31.8 Å². The summed E-state index contributed by atoms with van der Waals surface area (Å²) in [5.41, 5.74) is 2.90. The molecule has 4 rings (SSSR count). The molecule has 2 saturated heterocycles. The van der Waals surface area contributed by atoms with Crippen LogP contribution in [0.3, 0.4) is 0 Å². The Morgan fingerprint density at radius 1 is 1.14 bits per heavy atom. The molecule has 2 fully saturated rings. The summed E-state index contributed by atoms with van der Waals surface area (Å²) in [6.45, 7) is 3.84. The van der Waals surface area contributed by atoms with E-state index in [0.29, 0.717) is 6.10 Å². The summed E-state index contributed by atoms with van der Waals surface area (Å²) in [5.74, 6) is 0.994. The number of nitrogens with one attached hydrogen (secondary N) is 1. The lowest BCUT2D eigenvalue weighted by Gasteiger charge is -2.32. The number of nitrogens with zero attached hydrogens (tertiary/aromatic N) is 1. The van der Waals surface area contributed by atoms with Crippen LogP contribution < -0.4 is 10.1 Å². The summed E-state index contributed by atoms with van der Waals surface area (Å²) in [6, 6.07) is 15.9. The predicted octanol–water partition coefficient (Wildman–Crippen LogP) is 4.19. The molecule has 2 heterocycles. The molecule has 0 radical (unpaired) electrons. The average Bonchev–Trinajstić information content (AvgIpc) is 3.28. The molecule has 1 amide bonds.